The molecular formula is C11H15N3O. The van der Waals surface area contributed by atoms with Gasteiger partial charge in [-0.25, -0.2) is 4.98 Å². The third-order valence-corrected chi connectivity index (χ3v) is 2.80. The zero-order valence-corrected chi connectivity index (χ0v) is 9.05. The smallest absolute Gasteiger partial charge is 0.115 e. The van der Waals surface area contributed by atoms with E-state index in [2.05, 4.69) is 29.5 Å². The van der Waals surface area contributed by atoms with Crippen molar-refractivity contribution >= 4 is 0 Å². The summed E-state index contributed by atoms with van der Waals surface area (Å²) in [6, 6.07) is 2.66. The maximum absolute atomic E-state index is 9.01. The SMILES string of the molecule is CC(C)n1cncc1C1OCCC1C#N. The summed E-state index contributed by atoms with van der Waals surface area (Å²) in [5.41, 5.74) is 1.02. The minimum atomic E-state index is -0.0973. The summed E-state index contributed by atoms with van der Waals surface area (Å²) in [6.07, 6.45) is 4.33. The van der Waals surface area contributed by atoms with E-state index < -0.39 is 0 Å². The summed E-state index contributed by atoms with van der Waals surface area (Å²) in [6.45, 7) is 4.87. The molecule has 2 atom stereocenters. The minimum Gasteiger partial charge on any atom is -0.371 e. The van der Waals surface area contributed by atoms with Crippen molar-refractivity contribution in [1.29, 1.82) is 5.26 Å². The molecule has 1 aromatic rings. The van der Waals surface area contributed by atoms with E-state index in [0.717, 1.165) is 12.1 Å². The molecule has 4 nitrogen and oxygen atoms in total. The van der Waals surface area contributed by atoms with Crippen LogP contribution < -0.4 is 0 Å². The summed E-state index contributed by atoms with van der Waals surface area (Å²) in [5, 5.41) is 9.01. The fourth-order valence-corrected chi connectivity index (χ4v) is 1.98. The fourth-order valence-electron chi connectivity index (χ4n) is 1.98. The van der Waals surface area contributed by atoms with Gasteiger partial charge in [0.05, 0.1) is 30.2 Å². The summed E-state index contributed by atoms with van der Waals surface area (Å²) < 4.78 is 7.68. The maximum Gasteiger partial charge on any atom is 0.115 e. The Morgan fingerprint density at radius 2 is 2.47 bits per heavy atom. The molecule has 1 aromatic heterocycles. The molecule has 0 saturated carbocycles. The van der Waals surface area contributed by atoms with Crippen molar-refractivity contribution in [2.24, 2.45) is 5.92 Å². The van der Waals surface area contributed by atoms with E-state index in [1.165, 1.54) is 0 Å². The topological polar surface area (TPSA) is 50.8 Å². The first-order valence-electron chi connectivity index (χ1n) is 5.27. The van der Waals surface area contributed by atoms with E-state index in [0.29, 0.717) is 12.6 Å². The molecule has 80 valence electrons. The van der Waals surface area contributed by atoms with Gasteiger partial charge < -0.3 is 9.30 Å². The number of aromatic nitrogens is 2. The van der Waals surface area contributed by atoms with E-state index in [1.54, 1.807) is 12.5 Å². The van der Waals surface area contributed by atoms with Crippen LogP contribution in [0.3, 0.4) is 0 Å². The molecule has 0 N–H and O–H groups in total. The first-order valence-corrected chi connectivity index (χ1v) is 5.27. The van der Waals surface area contributed by atoms with Crippen molar-refractivity contribution in [3.05, 3.63) is 18.2 Å². The third kappa shape index (κ3) is 1.75. The van der Waals surface area contributed by atoms with Crippen LogP contribution in [-0.4, -0.2) is 16.2 Å². The molecule has 15 heavy (non-hydrogen) atoms. The average molecular weight is 205 g/mol. The van der Waals surface area contributed by atoms with E-state index in [-0.39, 0.29) is 12.0 Å². The predicted octanol–water partition coefficient (Wildman–Crippen LogP) is 2.07. The van der Waals surface area contributed by atoms with Gasteiger partial charge >= 0.3 is 0 Å². The van der Waals surface area contributed by atoms with Gasteiger partial charge in [0.1, 0.15) is 6.10 Å². The van der Waals surface area contributed by atoms with Gasteiger partial charge in [0, 0.05) is 12.6 Å². The molecule has 0 amide bonds. The second kappa shape index (κ2) is 4.03. The molecule has 0 aromatic carbocycles. The van der Waals surface area contributed by atoms with E-state index in [4.69, 9.17) is 10.00 Å². The summed E-state index contributed by atoms with van der Waals surface area (Å²) in [5.74, 6) is -0.0285. The van der Waals surface area contributed by atoms with Crippen molar-refractivity contribution in [2.45, 2.75) is 32.4 Å². The quantitative estimate of drug-likeness (QED) is 0.742. The Kier molecular flexibility index (Phi) is 2.74. The van der Waals surface area contributed by atoms with Gasteiger partial charge in [0.2, 0.25) is 0 Å². The van der Waals surface area contributed by atoms with Crippen molar-refractivity contribution in [3.63, 3.8) is 0 Å². The molecule has 0 spiro atoms. The van der Waals surface area contributed by atoms with Crippen molar-refractivity contribution in [3.8, 4) is 6.07 Å². The first-order chi connectivity index (χ1) is 7.24. The van der Waals surface area contributed by atoms with Crippen molar-refractivity contribution < 1.29 is 4.74 Å². The molecule has 4 heteroatoms. The number of hydrogen-bond donors (Lipinski definition) is 0. The Hall–Kier alpha value is -1.34. The number of ether oxygens (including phenoxy) is 1. The molecule has 2 heterocycles. The van der Waals surface area contributed by atoms with Gasteiger partial charge in [-0.05, 0) is 20.3 Å². The van der Waals surface area contributed by atoms with Crippen LogP contribution in [0.1, 0.15) is 38.1 Å². The lowest BCUT2D eigenvalue weighted by Crippen LogP contribution is -2.13. The van der Waals surface area contributed by atoms with Gasteiger partial charge in [-0.2, -0.15) is 5.26 Å². The second-order valence-corrected chi connectivity index (χ2v) is 4.14. The average Bonchev–Trinajstić information content (AvgIpc) is 2.85. The molecule has 0 radical (unpaired) electrons. The number of rotatable bonds is 2. The Bertz CT molecular complexity index is 377. The van der Waals surface area contributed by atoms with Gasteiger partial charge in [-0.15, -0.1) is 0 Å². The van der Waals surface area contributed by atoms with E-state index >= 15 is 0 Å². The highest BCUT2D eigenvalue weighted by Gasteiger charge is 2.32. The van der Waals surface area contributed by atoms with Crippen LogP contribution in [0.5, 0.6) is 0 Å². The monoisotopic (exact) mass is 205 g/mol. The van der Waals surface area contributed by atoms with Crippen molar-refractivity contribution in [2.75, 3.05) is 6.61 Å². The van der Waals surface area contributed by atoms with E-state index in [1.807, 2.05) is 0 Å². The maximum atomic E-state index is 9.01. The largest absolute Gasteiger partial charge is 0.371 e. The highest BCUT2D eigenvalue weighted by Crippen LogP contribution is 2.34. The molecule has 1 aliphatic heterocycles. The summed E-state index contributed by atoms with van der Waals surface area (Å²) in [7, 11) is 0. The highest BCUT2D eigenvalue weighted by molar-refractivity contribution is 5.11. The van der Waals surface area contributed by atoms with E-state index in [9.17, 15) is 0 Å². The Morgan fingerprint density at radius 1 is 1.67 bits per heavy atom. The lowest BCUT2D eigenvalue weighted by atomic mass is 10.0. The van der Waals surface area contributed by atoms with Crippen LogP contribution >= 0.6 is 0 Å². The van der Waals surface area contributed by atoms with Crippen LogP contribution in [-0.2, 0) is 4.74 Å². The van der Waals surface area contributed by atoms with Crippen LogP contribution in [0, 0.1) is 17.2 Å². The number of imidazole rings is 1. The first kappa shape index (κ1) is 10.2. The summed E-state index contributed by atoms with van der Waals surface area (Å²) >= 11 is 0. The Balaban J connectivity index is 2.29. The second-order valence-electron chi connectivity index (χ2n) is 4.14. The fraction of sp³-hybridized carbons (Fsp3) is 0.636. The standard InChI is InChI=1S/C11H15N3O/c1-8(2)14-7-13-6-10(14)11-9(5-12)3-4-15-11/h6-9,11H,3-4H2,1-2H3. The number of nitrogens with zero attached hydrogens (tertiary/aromatic N) is 3. The van der Waals surface area contributed by atoms with Crippen LogP contribution in [0.2, 0.25) is 0 Å². The minimum absolute atomic E-state index is 0.0285. The van der Waals surface area contributed by atoms with Crippen molar-refractivity contribution in [1.82, 2.24) is 9.55 Å². The van der Waals surface area contributed by atoms with Gasteiger partial charge in [0.25, 0.3) is 0 Å². The van der Waals surface area contributed by atoms with Crippen LogP contribution in [0.25, 0.3) is 0 Å². The molecular weight excluding hydrogens is 190 g/mol. The van der Waals surface area contributed by atoms with Crippen LogP contribution in [0.4, 0.5) is 0 Å². The molecule has 0 bridgehead atoms. The third-order valence-electron chi connectivity index (χ3n) is 2.80. The molecule has 0 aliphatic carbocycles. The normalized spacial score (nSPS) is 25.7. The molecule has 1 aliphatic rings. The molecule has 2 unspecified atom stereocenters. The molecule has 1 saturated heterocycles. The lowest BCUT2D eigenvalue weighted by Gasteiger charge is -2.17. The zero-order valence-electron chi connectivity index (χ0n) is 9.05. The van der Waals surface area contributed by atoms with Gasteiger partial charge in [0.15, 0.2) is 0 Å². The van der Waals surface area contributed by atoms with Crippen LogP contribution in [0.15, 0.2) is 12.5 Å². The van der Waals surface area contributed by atoms with Gasteiger partial charge in [-0.1, -0.05) is 0 Å². The Morgan fingerprint density at radius 3 is 3.13 bits per heavy atom. The lowest BCUT2D eigenvalue weighted by molar-refractivity contribution is 0.0933. The number of hydrogen-bond acceptors (Lipinski definition) is 3. The zero-order chi connectivity index (χ0) is 10.8. The number of nitriles is 1. The highest BCUT2D eigenvalue weighted by atomic mass is 16.5. The Labute approximate surface area is 89.5 Å². The van der Waals surface area contributed by atoms with Gasteiger partial charge in [-0.3, -0.25) is 0 Å². The summed E-state index contributed by atoms with van der Waals surface area (Å²) in [4.78, 5) is 4.13. The molecule has 2 rings (SSSR count). The predicted molar refractivity (Wildman–Crippen MR) is 55.0 cm³/mol. The molecule has 1 fully saturated rings.